The van der Waals surface area contributed by atoms with Crippen LogP contribution in [0.15, 0.2) is 35.2 Å². The van der Waals surface area contributed by atoms with Gasteiger partial charge in [0.1, 0.15) is 0 Å². The lowest BCUT2D eigenvalue weighted by Gasteiger charge is -2.05. The van der Waals surface area contributed by atoms with Crippen molar-refractivity contribution in [2.45, 2.75) is 18.2 Å². The second kappa shape index (κ2) is 7.16. The van der Waals surface area contributed by atoms with Crippen molar-refractivity contribution in [1.29, 1.82) is 0 Å². The van der Waals surface area contributed by atoms with E-state index in [4.69, 9.17) is 0 Å². The fraction of sp³-hybridized carbons (Fsp3) is 0.308. The number of rotatable bonds is 6. The topological polar surface area (TPSA) is 29.1 Å². The summed E-state index contributed by atoms with van der Waals surface area (Å²) in [4.78, 5) is 12.0. The summed E-state index contributed by atoms with van der Waals surface area (Å²) in [5.41, 5.74) is 0.886. The van der Waals surface area contributed by atoms with Crippen molar-refractivity contribution in [3.05, 3.63) is 42.0 Å². The molecular formula is C13H15F2NOS. The van der Waals surface area contributed by atoms with E-state index < -0.39 is 11.6 Å². The molecule has 5 heteroatoms. The summed E-state index contributed by atoms with van der Waals surface area (Å²) in [6.45, 7) is 5.97. The smallest absolute Gasteiger partial charge is 0.221 e. The Labute approximate surface area is 109 Å². The molecule has 1 rings (SSSR count). The Morgan fingerprint density at radius 1 is 1.39 bits per heavy atom. The largest absolute Gasteiger partial charge is 0.352 e. The Balaban J connectivity index is 2.30. The van der Waals surface area contributed by atoms with Crippen molar-refractivity contribution in [3.8, 4) is 0 Å². The van der Waals surface area contributed by atoms with Crippen LogP contribution < -0.4 is 5.32 Å². The fourth-order valence-corrected chi connectivity index (χ4v) is 2.04. The number of benzene rings is 1. The molecule has 0 bridgehead atoms. The van der Waals surface area contributed by atoms with Gasteiger partial charge < -0.3 is 5.32 Å². The predicted octanol–water partition coefficient (Wildman–Crippen LogP) is 3.14. The highest BCUT2D eigenvalue weighted by Crippen LogP contribution is 2.20. The molecule has 0 saturated heterocycles. The van der Waals surface area contributed by atoms with Crippen LogP contribution in [0.3, 0.4) is 0 Å². The first kappa shape index (κ1) is 14.7. The van der Waals surface area contributed by atoms with Gasteiger partial charge in [-0.05, 0) is 25.1 Å². The number of halogens is 2. The SMILES string of the molecule is C=C(C)CNC(=O)CCSc1ccc(F)c(F)c1. The minimum Gasteiger partial charge on any atom is -0.352 e. The van der Waals surface area contributed by atoms with Crippen molar-refractivity contribution in [2.75, 3.05) is 12.3 Å². The molecule has 1 aromatic rings. The van der Waals surface area contributed by atoms with Crippen LogP contribution in [0.4, 0.5) is 8.78 Å². The Kier molecular flexibility index (Phi) is 5.85. The molecule has 0 aliphatic carbocycles. The van der Waals surface area contributed by atoms with Crippen LogP contribution >= 0.6 is 11.8 Å². The van der Waals surface area contributed by atoms with E-state index >= 15 is 0 Å². The molecule has 0 aliphatic heterocycles. The number of hydrogen-bond donors (Lipinski definition) is 1. The molecule has 0 unspecified atom stereocenters. The summed E-state index contributed by atoms with van der Waals surface area (Å²) < 4.78 is 25.6. The van der Waals surface area contributed by atoms with E-state index in [0.717, 1.165) is 17.7 Å². The van der Waals surface area contributed by atoms with E-state index in [2.05, 4.69) is 11.9 Å². The van der Waals surface area contributed by atoms with Gasteiger partial charge in [-0.3, -0.25) is 4.79 Å². The third kappa shape index (κ3) is 5.31. The highest BCUT2D eigenvalue weighted by molar-refractivity contribution is 7.99. The maximum Gasteiger partial charge on any atom is 0.221 e. The van der Waals surface area contributed by atoms with Crippen LogP contribution in [-0.2, 0) is 4.79 Å². The highest BCUT2D eigenvalue weighted by Gasteiger charge is 2.05. The average Bonchev–Trinajstić information content (AvgIpc) is 2.31. The molecule has 0 aliphatic rings. The first-order chi connectivity index (χ1) is 8.49. The number of carbonyl (C=O) groups excluding carboxylic acids is 1. The molecule has 0 radical (unpaired) electrons. The van der Waals surface area contributed by atoms with Crippen molar-refractivity contribution < 1.29 is 13.6 Å². The molecule has 1 aromatic carbocycles. The van der Waals surface area contributed by atoms with Gasteiger partial charge in [-0.15, -0.1) is 11.8 Å². The maximum absolute atomic E-state index is 12.9. The lowest BCUT2D eigenvalue weighted by atomic mass is 10.3. The van der Waals surface area contributed by atoms with Crippen LogP contribution in [0.2, 0.25) is 0 Å². The fourth-order valence-electron chi connectivity index (χ4n) is 1.17. The van der Waals surface area contributed by atoms with Gasteiger partial charge in [0.2, 0.25) is 5.91 Å². The molecule has 0 fully saturated rings. The van der Waals surface area contributed by atoms with Crippen LogP contribution in [-0.4, -0.2) is 18.2 Å². The quantitative estimate of drug-likeness (QED) is 0.636. The molecule has 1 amide bonds. The van der Waals surface area contributed by atoms with Crippen LogP contribution in [0, 0.1) is 11.6 Å². The average molecular weight is 271 g/mol. The van der Waals surface area contributed by atoms with Crippen LogP contribution in [0.1, 0.15) is 13.3 Å². The third-order valence-electron chi connectivity index (χ3n) is 2.08. The summed E-state index contributed by atoms with van der Waals surface area (Å²) in [5.74, 6) is -1.29. The number of amides is 1. The zero-order chi connectivity index (χ0) is 13.5. The summed E-state index contributed by atoms with van der Waals surface area (Å²) >= 11 is 1.32. The molecular weight excluding hydrogens is 256 g/mol. The van der Waals surface area contributed by atoms with E-state index in [1.807, 2.05) is 6.92 Å². The van der Waals surface area contributed by atoms with Crippen molar-refractivity contribution in [1.82, 2.24) is 5.32 Å². The Hall–Kier alpha value is -1.36. The van der Waals surface area contributed by atoms with Gasteiger partial charge in [-0.1, -0.05) is 12.2 Å². The van der Waals surface area contributed by atoms with E-state index in [1.165, 1.54) is 17.8 Å². The summed E-state index contributed by atoms with van der Waals surface area (Å²) in [6, 6.07) is 3.71. The molecule has 18 heavy (non-hydrogen) atoms. The van der Waals surface area contributed by atoms with Gasteiger partial charge in [0.25, 0.3) is 0 Å². The standard InChI is InChI=1S/C13H15F2NOS/c1-9(2)8-16-13(17)5-6-18-10-3-4-11(14)12(15)7-10/h3-4,7H,1,5-6,8H2,2H3,(H,16,17). The maximum atomic E-state index is 12.9. The third-order valence-corrected chi connectivity index (χ3v) is 3.07. The number of hydrogen-bond acceptors (Lipinski definition) is 2. The molecule has 0 heterocycles. The Morgan fingerprint density at radius 3 is 2.72 bits per heavy atom. The molecule has 0 spiro atoms. The van der Waals surface area contributed by atoms with Gasteiger partial charge in [0.05, 0.1) is 0 Å². The molecule has 0 atom stereocenters. The van der Waals surface area contributed by atoms with Crippen molar-refractivity contribution in [2.24, 2.45) is 0 Å². The Bertz CT molecular complexity index is 449. The lowest BCUT2D eigenvalue weighted by Crippen LogP contribution is -2.24. The van der Waals surface area contributed by atoms with Crippen molar-refractivity contribution in [3.63, 3.8) is 0 Å². The van der Waals surface area contributed by atoms with E-state index in [1.54, 1.807) is 0 Å². The number of thioether (sulfide) groups is 1. The Morgan fingerprint density at radius 2 is 2.11 bits per heavy atom. The second-order valence-electron chi connectivity index (χ2n) is 3.91. The van der Waals surface area contributed by atoms with Crippen LogP contribution in [0.25, 0.3) is 0 Å². The highest BCUT2D eigenvalue weighted by atomic mass is 32.2. The number of nitrogens with one attached hydrogen (secondary N) is 1. The minimum atomic E-state index is -0.869. The molecule has 0 aromatic heterocycles. The van der Waals surface area contributed by atoms with Crippen LogP contribution in [0.5, 0.6) is 0 Å². The zero-order valence-corrected chi connectivity index (χ0v) is 10.9. The van der Waals surface area contributed by atoms with E-state index in [9.17, 15) is 13.6 Å². The van der Waals surface area contributed by atoms with E-state index in [0.29, 0.717) is 23.6 Å². The van der Waals surface area contributed by atoms with Gasteiger partial charge in [0, 0.05) is 23.6 Å². The predicted molar refractivity (Wildman–Crippen MR) is 69.5 cm³/mol. The second-order valence-corrected chi connectivity index (χ2v) is 5.08. The molecule has 2 nitrogen and oxygen atoms in total. The summed E-state index contributed by atoms with van der Waals surface area (Å²) in [6.07, 6.45) is 0.330. The number of carbonyl (C=O) groups is 1. The van der Waals surface area contributed by atoms with Gasteiger partial charge in [-0.2, -0.15) is 0 Å². The monoisotopic (exact) mass is 271 g/mol. The van der Waals surface area contributed by atoms with Crippen molar-refractivity contribution >= 4 is 17.7 Å². The van der Waals surface area contributed by atoms with E-state index in [-0.39, 0.29) is 5.91 Å². The van der Waals surface area contributed by atoms with Gasteiger partial charge in [-0.25, -0.2) is 8.78 Å². The summed E-state index contributed by atoms with van der Waals surface area (Å²) in [5, 5.41) is 2.70. The van der Waals surface area contributed by atoms with Gasteiger partial charge >= 0.3 is 0 Å². The lowest BCUT2D eigenvalue weighted by molar-refractivity contribution is -0.120. The molecule has 0 saturated carbocycles. The summed E-state index contributed by atoms with van der Waals surface area (Å²) in [7, 11) is 0. The zero-order valence-electron chi connectivity index (χ0n) is 10.1. The first-order valence-electron chi connectivity index (χ1n) is 5.48. The van der Waals surface area contributed by atoms with Gasteiger partial charge in [0.15, 0.2) is 11.6 Å². The molecule has 98 valence electrons. The normalized spacial score (nSPS) is 10.2. The minimum absolute atomic E-state index is 0.0758. The first-order valence-corrected chi connectivity index (χ1v) is 6.46. The molecule has 1 N–H and O–H groups in total.